The molecule has 0 saturated heterocycles. The molecular weight excluding hydrogens is 436 g/mol. The molecule has 1 heterocycles. The molecule has 1 N–H and O–H groups in total. The number of carbonyl (C=O) groups excluding carboxylic acids is 2. The van der Waals surface area contributed by atoms with Crippen LogP contribution in [0.5, 0.6) is 5.75 Å². The monoisotopic (exact) mass is 460 g/mol. The minimum Gasteiger partial charge on any atom is -0.494 e. The minimum atomic E-state index is -0.435. The Morgan fingerprint density at radius 1 is 0.879 bits per heavy atom. The van der Waals surface area contributed by atoms with E-state index < -0.39 is 11.8 Å². The Morgan fingerprint density at radius 2 is 1.64 bits per heavy atom. The summed E-state index contributed by atoms with van der Waals surface area (Å²) in [4.78, 5) is 28.4. The molecule has 5 nitrogen and oxygen atoms in total. The lowest BCUT2D eigenvalue weighted by molar-refractivity contribution is -0.120. The summed E-state index contributed by atoms with van der Waals surface area (Å²) < 4.78 is 5.58. The maximum absolute atomic E-state index is 13.6. The van der Waals surface area contributed by atoms with Crippen molar-refractivity contribution in [1.29, 1.82) is 0 Å². The smallest absolute Gasteiger partial charge is 0.282 e. The summed E-state index contributed by atoms with van der Waals surface area (Å²) in [5.41, 5.74) is 5.32. The third-order valence-electron chi connectivity index (χ3n) is 5.71. The Balaban J connectivity index is 1.82. The normalized spacial score (nSPS) is 13.7. The number of aryl methyl sites for hydroxylation is 3. The molecule has 1 aliphatic rings. The van der Waals surface area contributed by atoms with E-state index in [9.17, 15) is 9.59 Å². The average Bonchev–Trinajstić information content (AvgIpc) is 3.02. The van der Waals surface area contributed by atoms with Crippen molar-refractivity contribution in [3.63, 3.8) is 0 Å². The molecule has 0 unspecified atom stereocenters. The number of nitrogens with one attached hydrogen (secondary N) is 1. The highest BCUT2D eigenvalue weighted by Crippen LogP contribution is 2.36. The first-order chi connectivity index (χ1) is 15.8. The summed E-state index contributed by atoms with van der Waals surface area (Å²) >= 11 is 6.30. The molecule has 0 atom stereocenters. The van der Waals surface area contributed by atoms with Gasteiger partial charge in [-0.05, 0) is 74.2 Å². The van der Waals surface area contributed by atoms with Crippen molar-refractivity contribution in [3.8, 4) is 5.75 Å². The van der Waals surface area contributed by atoms with E-state index in [1.165, 1.54) is 4.90 Å². The zero-order valence-electron chi connectivity index (χ0n) is 19.0. The summed E-state index contributed by atoms with van der Waals surface area (Å²) in [6.07, 6.45) is 0. The molecule has 0 fully saturated rings. The Kier molecular flexibility index (Phi) is 6.25. The zero-order valence-corrected chi connectivity index (χ0v) is 19.8. The van der Waals surface area contributed by atoms with E-state index in [2.05, 4.69) is 5.32 Å². The molecule has 3 aromatic carbocycles. The number of halogens is 1. The van der Waals surface area contributed by atoms with Crippen molar-refractivity contribution < 1.29 is 14.3 Å². The SMILES string of the molecule is CCOc1cccc(NC2=C(c3ccc(C)c(C)c3)C(=O)N(c3ccc(C)c(Cl)c3)C2=O)c1. The van der Waals surface area contributed by atoms with E-state index in [-0.39, 0.29) is 5.70 Å². The molecule has 1 aliphatic heterocycles. The number of benzene rings is 3. The van der Waals surface area contributed by atoms with Gasteiger partial charge in [-0.15, -0.1) is 0 Å². The first-order valence-electron chi connectivity index (χ1n) is 10.8. The van der Waals surface area contributed by atoms with Gasteiger partial charge in [-0.1, -0.05) is 41.9 Å². The van der Waals surface area contributed by atoms with Crippen LogP contribution in [0.1, 0.15) is 29.2 Å². The number of carbonyl (C=O) groups is 2. The van der Waals surface area contributed by atoms with E-state index >= 15 is 0 Å². The topological polar surface area (TPSA) is 58.6 Å². The van der Waals surface area contributed by atoms with E-state index in [1.54, 1.807) is 24.3 Å². The van der Waals surface area contributed by atoms with Gasteiger partial charge in [0.2, 0.25) is 0 Å². The van der Waals surface area contributed by atoms with E-state index in [0.29, 0.717) is 39.9 Å². The largest absolute Gasteiger partial charge is 0.494 e. The molecule has 0 radical (unpaired) electrons. The van der Waals surface area contributed by atoms with Crippen molar-refractivity contribution in [2.75, 3.05) is 16.8 Å². The second-order valence-corrected chi connectivity index (χ2v) is 8.42. The van der Waals surface area contributed by atoms with E-state index in [4.69, 9.17) is 16.3 Å². The molecular formula is C27H25ClN2O3. The number of ether oxygens (including phenoxy) is 1. The van der Waals surface area contributed by atoms with Crippen LogP contribution in [0, 0.1) is 20.8 Å². The molecule has 0 spiro atoms. The van der Waals surface area contributed by atoms with Crippen LogP contribution in [0.25, 0.3) is 5.57 Å². The molecule has 0 saturated carbocycles. The van der Waals surface area contributed by atoms with Crippen LogP contribution >= 0.6 is 11.6 Å². The lowest BCUT2D eigenvalue weighted by atomic mass is 9.99. The van der Waals surface area contributed by atoms with Gasteiger partial charge in [0, 0.05) is 16.8 Å². The number of hydrogen-bond acceptors (Lipinski definition) is 4. The summed E-state index contributed by atoms with van der Waals surface area (Å²) in [6, 6.07) is 18.2. The van der Waals surface area contributed by atoms with Crippen molar-refractivity contribution in [2.24, 2.45) is 0 Å². The summed E-state index contributed by atoms with van der Waals surface area (Å²) in [5.74, 6) is -0.156. The van der Waals surface area contributed by atoms with Crippen molar-refractivity contribution in [2.45, 2.75) is 27.7 Å². The highest BCUT2D eigenvalue weighted by atomic mass is 35.5. The number of amides is 2. The predicted molar refractivity (Wildman–Crippen MR) is 133 cm³/mol. The highest BCUT2D eigenvalue weighted by Gasteiger charge is 2.40. The molecule has 4 rings (SSSR count). The Morgan fingerprint density at radius 3 is 2.33 bits per heavy atom. The first kappa shape index (κ1) is 22.6. The van der Waals surface area contributed by atoms with Crippen LogP contribution in [-0.4, -0.2) is 18.4 Å². The summed E-state index contributed by atoms with van der Waals surface area (Å²) in [5, 5.41) is 3.68. The first-order valence-corrected chi connectivity index (χ1v) is 11.1. The van der Waals surface area contributed by atoms with Gasteiger partial charge in [-0.2, -0.15) is 0 Å². The number of rotatable bonds is 6. The maximum Gasteiger partial charge on any atom is 0.282 e. The van der Waals surface area contributed by atoms with Crippen molar-refractivity contribution in [1.82, 2.24) is 0 Å². The predicted octanol–water partition coefficient (Wildman–Crippen LogP) is 6.06. The molecule has 6 heteroatoms. The van der Waals surface area contributed by atoms with Crippen molar-refractivity contribution in [3.05, 3.63) is 93.6 Å². The molecule has 0 bridgehead atoms. The third-order valence-corrected chi connectivity index (χ3v) is 6.11. The van der Waals surface area contributed by atoms with E-state index in [1.807, 2.05) is 64.1 Å². The quantitative estimate of drug-likeness (QED) is 0.454. The van der Waals surface area contributed by atoms with Crippen LogP contribution < -0.4 is 15.0 Å². The van der Waals surface area contributed by atoms with Gasteiger partial charge < -0.3 is 10.1 Å². The third kappa shape index (κ3) is 4.37. The number of hydrogen-bond donors (Lipinski definition) is 1. The highest BCUT2D eigenvalue weighted by molar-refractivity contribution is 6.46. The zero-order chi connectivity index (χ0) is 23.7. The average molecular weight is 461 g/mol. The standard InChI is InChI=1S/C27H25ClN2O3/c1-5-33-22-8-6-7-20(14-22)29-25-24(19-11-9-16(2)18(4)13-19)26(31)30(27(25)32)21-12-10-17(3)23(28)15-21/h6-15,29H,5H2,1-4H3. The number of nitrogens with zero attached hydrogens (tertiary/aromatic N) is 1. The second-order valence-electron chi connectivity index (χ2n) is 8.01. The molecule has 33 heavy (non-hydrogen) atoms. The summed E-state index contributed by atoms with van der Waals surface area (Å²) in [6.45, 7) is 8.30. The van der Waals surface area contributed by atoms with Gasteiger partial charge in [0.05, 0.1) is 17.9 Å². The lowest BCUT2D eigenvalue weighted by Gasteiger charge is -2.16. The molecule has 3 aromatic rings. The van der Waals surface area contributed by atoms with Gasteiger partial charge in [0.25, 0.3) is 11.8 Å². The van der Waals surface area contributed by atoms with Gasteiger partial charge in [-0.25, -0.2) is 4.90 Å². The van der Waals surface area contributed by atoms with Crippen LogP contribution in [0.3, 0.4) is 0 Å². The van der Waals surface area contributed by atoms with Gasteiger partial charge in [-0.3, -0.25) is 9.59 Å². The fourth-order valence-corrected chi connectivity index (χ4v) is 3.92. The van der Waals surface area contributed by atoms with E-state index in [0.717, 1.165) is 16.7 Å². The summed E-state index contributed by atoms with van der Waals surface area (Å²) in [7, 11) is 0. The number of imide groups is 1. The molecule has 0 aromatic heterocycles. The Hall–Kier alpha value is -3.57. The molecule has 0 aliphatic carbocycles. The molecule has 168 valence electrons. The minimum absolute atomic E-state index is 0.216. The van der Waals surface area contributed by atoms with Crippen LogP contribution in [0.4, 0.5) is 11.4 Å². The Labute approximate surface area is 198 Å². The van der Waals surface area contributed by atoms with Crippen LogP contribution in [0.2, 0.25) is 5.02 Å². The molecule has 2 amide bonds. The van der Waals surface area contributed by atoms with Gasteiger partial charge in [0.15, 0.2) is 0 Å². The van der Waals surface area contributed by atoms with Gasteiger partial charge in [0.1, 0.15) is 11.4 Å². The van der Waals surface area contributed by atoms with Crippen LogP contribution in [-0.2, 0) is 9.59 Å². The van der Waals surface area contributed by atoms with Crippen molar-refractivity contribution >= 4 is 40.4 Å². The maximum atomic E-state index is 13.6. The van der Waals surface area contributed by atoms with Gasteiger partial charge >= 0.3 is 0 Å². The van der Waals surface area contributed by atoms with Crippen LogP contribution in [0.15, 0.2) is 66.4 Å². The fraction of sp³-hybridized carbons (Fsp3) is 0.185. The second kappa shape index (κ2) is 9.12. The number of anilines is 2. The lowest BCUT2D eigenvalue weighted by Crippen LogP contribution is -2.32. The fourth-order valence-electron chi connectivity index (χ4n) is 3.74. The Bertz CT molecular complexity index is 1300.